The maximum Gasteiger partial charge on any atom is 0.322 e. The minimum atomic E-state index is -1.56. The fourth-order valence-electron chi connectivity index (χ4n) is 2.71. The van der Waals surface area contributed by atoms with Crippen LogP contribution in [0.1, 0.15) is 15.5 Å². The van der Waals surface area contributed by atoms with Crippen molar-refractivity contribution >= 4 is 29.2 Å². The molecule has 2 aromatic heterocycles. The first kappa shape index (κ1) is 18.6. The van der Waals surface area contributed by atoms with E-state index in [0.717, 1.165) is 34.5 Å². The zero-order valence-electron chi connectivity index (χ0n) is 14.3. The Morgan fingerprint density at radius 2 is 2.14 bits per heavy atom. The van der Waals surface area contributed by atoms with Crippen LogP contribution in [0.25, 0.3) is 5.69 Å². The number of thiazole rings is 1. The lowest BCUT2D eigenvalue weighted by Crippen LogP contribution is -2.52. The highest BCUT2D eigenvalue weighted by molar-refractivity contribution is 7.09. The zero-order valence-corrected chi connectivity index (χ0v) is 15.2. The summed E-state index contributed by atoms with van der Waals surface area (Å²) in [5.41, 5.74) is -1.88. The molecule has 0 unspecified atom stereocenters. The number of carbonyl (C=O) groups is 3. The number of halogens is 2. The Bertz CT molecular complexity index is 1120. The third-order valence-corrected chi connectivity index (χ3v) is 5.04. The number of imide groups is 1. The van der Waals surface area contributed by atoms with Crippen LogP contribution >= 0.6 is 11.3 Å². The van der Waals surface area contributed by atoms with Gasteiger partial charge in [-0.15, -0.1) is 21.2 Å². The number of rotatable bonds is 5. The van der Waals surface area contributed by atoms with Crippen LogP contribution in [-0.4, -0.2) is 44.4 Å². The highest BCUT2D eigenvalue weighted by atomic mass is 32.1. The number of benzene rings is 1. The molecular weight excluding hydrogens is 408 g/mol. The number of carbonyl (C=O) groups excluding carboxylic acids is 3. The second-order valence-electron chi connectivity index (χ2n) is 5.95. The molecule has 0 radical (unpaired) electrons. The van der Waals surface area contributed by atoms with E-state index in [-0.39, 0.29) is 22.9 Å². The van der Waals surface area contributed by atoms with Gasteiger partial charge in [0.1, 0.15) is 16.5 Å². The van der Waals surface area contributed by atoms with Gasteiger partial charge in [0.15, 0.2) is 17.1 Å². The molecule has 3 heterocycles. The van der Waals surface area contributed by atoms with Gasteiger partial charge >= 0.3 is 6.03 Å². The lowest BCUT2D eigenvalue weighted by Gasteiger charge is -2.23. The van der Waals surface area contributed by atoms with E-state index in [4.69, 9.17) is 0 Å². The van der Waals surface area contributed by atoms with Crippen molar-refractivity contribution in [3.05, 3.63) is 58.3 Å². The van der Waals surface area contributed by atoms with Crippen molar-refractivity contribution in [2.45, 2.75) is 5.54 Å². The summed E-state index contributed by atoms with van der Waals surface area (Å²) in [4.78, 5) is 41.3. The number of urea groups is 1. The van der Waals surface area contributed by atoms with Crippen LogP contribution in [0.4, 0.5) is 13.6 Å². The second kappa shape index (κ2) is 7.01. The van der Waals surface area contributed by atoms with Gasteiger partial charge in [-0.05, 0) is 12.1 Å². The lowest BCUT2D eigenvalue weighted by atomic mass is 10.0. The summed E-state index contributed by atoms with van der Waals surface area (Å²) >= 11 is 1.13. The van der Waals surface area contributed by atoms with Crippen molar-refractivity contribution in [2.24, 2.45) is 0 Å². The summed E-state index contributed by atoms with van der Waals surface area (Å²) < 4.78 is 26.9. The van der Waals surface area contributed by atoms with Gasteiger partial charge < -0.3 is 10.6 Å². The first-order valence-corrected chi connectivity index (χ1v) is 8.96. The standard InChI is InChI=1S/C16H11F2N7O3S/c17-8-1-2-11(9(18)5-8)25-21-6-10(24-25)12(26)20-7-16(14-19-3-4-29-14)13(27)22-15(28)23-16/h1-6H,7H2,(H,20,26)(H2,22,23,27,28)/t16-/m1/s1. The van der Waals surface area contributed by atoms with Crippen LogP contribution in [0.5, 0.6) is 0 Å². The highest BCUT2D eigenvalue weighted by Crippen LogP contribution is 2.26. The van der Waals surface area contributed by atoms with Crippen molar-refractivity contribution in [1.29, 1.82) is 0 Å². The van der Waals surface area contributed by atoms with Crippen LogP contribution in [0, 0.1) is 11.6 Å². The first-order valence-electron chi connectivity index (χ1n) is 8.08. The quantitative estimate of drug-likeness (QED) is 0.515. The van der Waals surface area contributed by atoms with E-state index in [0.29, 0.717) is 6.07 Å². The molecule has 0 saturated carbocycles. The summed E-state index contributed by atoms with van der Waals surface area (Å²) in [5, 5.41) is 16.7. The summed E-state index contributed by atoms with van der Waals surface area (Å²) in [7, 11) is 0. The predicted octanol–water partition coefficient (Wildman–Crippen LogP) is 0.467. The Morgan fingerprint density at radius 3 is 2.79 bits per heavy atom. The van der Waals surface area contributed by atoms with Crippen LogP contribution in [0.3, 0.4) is 0 Å². The molecule has 1 aliphatic heterocycles. The summed E-state index contributed by atoms with van der Waals surface area (Å²) in [6, 6.07) is 2.11. The number of nitrogens with one attached hydrogen (secondary N) is 3. The number of hydrogen-bond acceptors (Lipinski definition) is 7. The number of amides is 4. The average Bonchev–Trinajstić information content (AvgIpc) is 3.40. The van der Waals surface area contributed by atoms with Crippen LogP contribution in [0.15, 0.2) is 36.0 Å². The van der Waals surface area contributed by atoms with Gasteiger partial charge in [0.05, 0.1) is 12.7 Å². The monoisotopic (exact) mass is 419 g/mol. The maximum atomic E-state index is 13.9. The largest absolute Gasteiger partial charge is 0.347 e. The van der Waals surface area contributed by atoms with E-state index in [1.165, 1.54) is 6.20 Å². The number of nitrogens with zero attached hydrogens (tertiary/aromatic N) is 4. The van der Waals surface area contributed by atoms with E-state index >= 15 is 0 Å². The van der Waals surface area contributed by atoms with Crippen molar-refractivity contribution in [3.8, 4) is 5.69 Å². The molecule has 29 heavy (non-hydrogen) atoms. The van der Waals surface area contributed by atoms with Gasteiger partial charge in [0.2, 0.25) is 0 Å². The molecule has 1 atom stereocenters. The Labute approximate surface area is 164 Å². The van der Waals surface area contributed by atoms with E-state index in [2.05, 4.69) is 31.1 Å². The van der Waals surface area contributed by atoms with E-state index in [1.54, 1.807) is 5.38 Å². The minimum absolute atomic E-state index is 0.146. The Morgan fingerprint density at radius 1 is 1.31 bits per heavy atom. The molecule has 4 amide bonds. The summed E-state index contributed by atoms with van der Waals surface area (Å²) in [5.74, 6) is -3.04. The van der Waals surface area contributed by atoms with Crippen LogP contribution < -0.4 is 16.0 Å². The molecule has 1 aromatic carbocycles. The molecule has 1 aliphatic rings. The molecule has 0 aliphatic carbocycles. The molecule has 4 rings (SSSR count). The van der Waals surface area contributed by atoms with E-state index < -0.39 is 35.0 Å². The van der Waals surface area contributed by atoms with Gasteiger partial charge in [-0.3, -0.25) is 14.9 Å². The zero-order chi connectivity index (χ0) is 20.6. The van der Waals surface area contributed by atoms with Gasteiger partial charge in [-0.25, -0.2) is 18.6 Å². The second-order valence-corrected chi connectivity index (χ2v) is 6.84. The molecule has 148 valence electrons. The van der Waals surface area contributed by atoms with E-state index in [1.807, 2.05) is 0 Å². The Hall–Kier alpha value is -3.74. The lowest BCUT2D eigenvalue weighted by molar-refractivity contribution is -0.124. The molecule has 10 nitrogen and oxygen atoms in total. The molecule has 0 spiro atoms. The molecule has 3 aromatic rings. The van der Waals surface area contributed by atoms with Crippen LogP contribution in [0.2, 0.25) is 0 Å². The van der Waals surface area contributed by atoms with Crippen molar-refractivity contribution in [2.75, 3.05) is 6.54 Å². The summed E-state index contributed by atoms with van der Waals surface area (Å²) in [6.07, 6.45) is 2.55. The fourth-order valence-corrected chi connectivity index (χ4v) is 3.50. The summed E-state index contributed by atoms with van der Waals surface area (Å²) in [6.45, 7) is -0.297. The predicted molar refractivity (Wildman–Crippen MR) is 94.1 cm³/mol. The molecular formula is C16H11F2N7O3S. The average molecular weight is 419 g/mol. The molecule has 13 heteroatoms. The maximum absolute atomic E-state index is 13.9. The normalized spacial score (nSPS) is 18.4. The van der Waals surface area contributed by atoms with Gasteiger partial charge in [0, 0.05) is 17.6 Å². The first-order chi connectivity index (χ1) is 13.9. The van der Waals surface area contributed by atoms with Crippen molar-refractivity contribution < 1.29 is 23.2 Å². The third kappa shape index (κ3) is 3.31. The Balaban J connectivity index is 1.53. The SMILES string of the molecule is O=C1NC(=O)[C@](CNC(=O)c2cnn(-c3ccc(F)cc3F)n2)(c2nccs2)N1. The van der Waals surface area contributed by atoms with Crippen molar-refractivity contribution in [3.63, 3.8) is 0 Å². The highest BCUT2D eigenvalue weighted by Gasteiger charge is 2.50. The van der Waals surface area contributed by atoms with Crippen molar-refractivity contribution in [1.82, 2.24) is 35.9 Å². The van der Waals surface area contributed by atoms with Gasteiger partial charge in [-0.1, -0.05) is 0 Å². The topological polar surface area (TPSA) is 131 Å². The molecule has 3 N–H and O–H groups in total. The van der Waals surface area contributed by atoms with Gasteiger partial charge in [-0.2, -0.15) is 5.10 Å². The minimum Gasteiger partial charge on any atom is -0.347 e. The van der Waals surface area contributed by atoms with E-state index in [9.17, 15) is 23.2 Å². The number of hydrogen-bond donors (Lipinski definition) is 3. The Kier molecular flexibility index (Phi) is 4.50. The molecule has 0 bridgehead atoms. The smallest absolute Gasteiger partial charge is 0.322 e. The number of aromatic nitrogens is 4. The molecule has 1 saturated heterocycles. The van der Waals surface area contributed by atoms with Crippen LogP contribution in [-0.2, 0) is 10.3 Å². The molecule has 1 fully saturated rings. The van der Waals surface area contributed by atoms with Gasteiger partial charge in [0.25, 0.3) is 11.8 Å². The third-order valence-electron chi connectivity index (χ3n) is 4.10. The fraction of sp³-hybridized carbons (Fsp3) is 0.125.